The highest BCUT2D eigenvalue weighted by Crippen LogP contribution is 2.36. The molecule has 4 aromatic rings. The zero-order valence-corrected chi connectivity index (χ0v) is 20.3. The molecule has 2 aromatic carbocycles. The second kappa shape index (κ2) is 9.93. The van der Waals surface area contributed by atoms with Gasteiger partial charge in [-0.15, -0.1) is 0 Å². The first-order valence-electron chi connectivity index (χ1n) is 11.7. The predicted molar refractivity (Wildman–Crippen MR) is 135 cm³/mol. The van der Waals surface area contributed by atoms with Crippen LogP contribution in [-0.4, -0.2) is 60.2 Å². The van der Waals surface area contributed by atoms with Crippen LogP contribution in [0.4, 0.5) is 5.82 Å². The Morgan fingerprint density at radius 3 is 2.49 bits per heavy atom. The SMILES string of the molecule is COCc1nn2c(-c3cccc(OC)c3)cc(N3CCC[C@H]3CO)nc2c1-c1ccc(OC)cc1. The number of aromatic nitrogens is 3. The molecule has 0 aliphatic carbocycles. The van der Waals surface area contributed by atoms with Crippen molar-refractivity contribution >= 4 is 11.5 Å². The van der Waals surface area contributed by atoms with Gasteiger partial charge in [-0.2, -0.15) is 5.10 Å². The van der Waals surface area contributed by atoms with Crippen molar-refractivity contribution in [2.75, 3.05) is 39.4 Å². The standard InChI is InChI=1S/C27H30N4O4/c1-33-17-23-26(18-9-11-21(34-2)12-10-18)27-28-25(30-13-5-7-20(30)16-32)15-24(31(27)29-23)19-6-4-8-22(14-19)35-3/h4,6,8-12,14-15,20,32H,5,7,13,16-17H2,1-3H3/t20-/m0/s1. The van der Waals surface area contributed by atoms with Crippen LogP contribution in [0.2, 0.25) is 0 Å². The molecule has 3 heterocycles. The molecule has 0 unspecified atom stereocenters. The number of fused-ring (bicyclic) bond motifs is 1. The third kappa shape index (κ3) is 4.31. The van der Waals surface area contributed by atoms with Crippen LogP contribution in [0.3, 0.4) is 0 Å². The van der Waals surface area contributed by atoms with Gasteiger partial charge in [0.2, 0.25) is 0 Å². The van der Waals surface area contributed by atoms with Crippen LogP contribution < -0.4 is 14.4 Å². The van der Waals surface area contributed by atoms with Gasteiger partial charge in [0, 0.05) is 25.3 Å². The number of hydrogen-bond donors (Lipinski definition) is 1. The van der Waals surface area contributed by atoms with Crippen LogP contribution in [0.5, 0.6) is 11.5 Å². The van der Waals surface area contributed by atoms with Crippen LogP contribution in [0.1, 0.15) is 18.5 Å². The van der Waals surface area contributed by atoms with Gasteiger partial charge in [0.1, 0.15) is 17.3 Å². The quantitative estimate of drug-likeness (QED) is 0.410. The highest BCUT2D eigenvalue weighted by atomic mass is 16.5. The van der Waals surface area contributed by atoms with Gasteiger partial charge in [0.05, 0.1) is 50.4 Å². The summed E-state index contributed by atoms with van der Waals surface area (Å²) in [5, 5.41) is 14.9. The normalized spacial score (nSPS) is 15.7. The summed E-state index contributed by atoms with van der Waals surface area (Å²) in [6.07, 6.45) is 1.96. The van der Waals surface area contributed by atoms with Crippen molar-refractivity contribution in [3.05, 3.63) is 60.3 Å². The molecule has 35 heavy (non-hydrogen) atoms. The van der Waals surface area contributed by atoms with E-state index in [1.165, 1.54) is 0 Å². The maximum absolute atomic E-state index is 9.99. The second-order valence-electron chi connectivity index (χ2n) is 8.62. The first-order chi connectivity index (χ1) is 17.2. The summed E-state index contributed by atoms with van der Waals surface area (Å²) in [6, 6.07) is 17.9. The fraction of sp³-hybridized carbons (Fsp3) is 0.333. The van der Waals surface area contributed by atoms with Crippen molar-refractivity contribution in [2.45, 2.75) is 25.5 Å². The fourth-order valence-electron chi connectivity index (χ4n) is 4.80. The third-order valence-electron chi connectivity index (χ3n) is 6.56. The molecule has 0 bridgehead atoms. The summed E-state index contributed by atoms with van der Waals surface area (Å²) in [5.74, 6) is 2.38. The molecule has 0 saturated carbocycles. The van der Waals surface area contributed by atoms with Gasteiger partial charge in [-0.05, 0) is 42.7 Å². The summed E-state index contributed by atoms with van der Waals surface area (Å²) in [4.78, 5) is 7.30. The minimum absolute atomic E-state index is 0.0499. The van der Waals surface area contributed by atoms with Crippen LogP contribution in [-0.2, 0) is 11.3 Å². The maximum atomic E-state index is 9.99. The maximum Gasteiger partial charge on any atom is 0.166 e. The molecule has 8 heteroatoms. The Bertz CT molecular complexity index is 1320. The Labute approximate surface area is 204 Å². The van der Waals surface area contributed by atoms with Gasteiger partial charge >= 0.3 is 0 Å². The van der Waals surface area contributed by atoms with E-state index < -0.39 is 0 Å². The van der Waals surface area contributed by atoms with E-state index in [2.05, 4.69) is 11.0 Å². The van der Waals surface area contributed by atoms with Gasteiger partial charge in [0.15, 0.2) is 5.65 Å². The minimum Gasteiger partial charge on any atom is -0.497 e. The highest BCUT2D eigenvalue weighted by molar-refractivity contribution is 5.83. The molecule has 0 amide bonds. The third-order valence-corrected chi connectivity index (χ3v) is 6.56. The van der Waals surface area contributed by atoms with E-state index in [1.807, 2.05) is 53.0 Å². The van der Waals surface area contributed by atoms with E-state index in [0.717, 1.165) is 70.4 Å². The molecule has 1 saturated heterocycles. The topological polar surface area (TPSA) is 81.4 Å². The number of methoxy groups -OCH3 is 3. The smallest absolute Gasteiger partial charge is 0.166 e. The predicted octanol–water partition coefficient (Wildman–Crippen LogP) is 4.19. The number of benzene rings is 2. The molecule has 1 atom stereocenters. The van der Waals surface area contributed by atoms with Crippen molar-refractivity contribution in [1.29, 1.82) is 0 Å². The van der Waals surface area contributed by atoms with Crippen LogP contribution in [0, 0.1) is 0 Å². The lowest BCUT2D eigenvalue weighted by Gasteiger charge is -2.25. The average molecular weight is 475 g/mol. The molecule has 182 valence electrons. The van der Waals surface area contributed by atoms with E-state index in [9.17, 15) is 5.11 Å². The summed E-state index contributed by atoms with van der Waals surface area (Å²) in [6.45, 7) is 1.30. The first-order valence-corrected chi connectivity index (χ1v) is 11.7. The van der Waals surface area contributed by atoms with Gasteiger partial charge in [0.25, 0.3) is 0 Å². The Kier molecular flexibility index (Phi) is 6.57. The lowest BCUT2D eigenvalue weighted by Crippen LogP contribution is -2.32. The van der Waals surface area contributed by atoms with Crippen molar-refractivity contribution in [2.24, 2.45) is 0 Å². The monoisotopic (exact) mass is 474 g/mol. The first kappa shape index (κ1) is 23.1. The van der Waals surface area contributed by atoms with Crippen LogP contribution >= 0.6 is 0 Å². The molecule has 0 radical (unpaired) electrons. The highest BCUT2D eigenvalue weighted by Gasteiger charge is 2.28. The molecule has 0 spiro atoms. The van der Waals surface area contributed by atoms with Gasteiger partial charge in [-0.3, -0.25) is 0 Å². The van der Waals surface area contributed by atoms with E-state index >= 15 is 0 Å². The molecule has 2 aromatic heterocycles. The zero-order valence-electron chi connectivity index (χ0n) is 20.3. The fourth-order valence-corrected chi connectivity index (χ4v) is 4.80. The average Bonchev–Trinajstić information content (AvgIpc) is 3.53. The van der Waals surface area contributed by atoms with Crippen molar-refractivity contribution < 1.29 is 19.3 Å². The summed E-state index contributed by atoms with van der Waals surface area (Å²) >= 11 is 0. The minimum atomic E-state index is 0.0499. The van der Waals surface area contributed by atoms with Crippen LogP contribution in [0.25, 0.3) is 28.0 Å². The number of aliphatic hydroxyl groups is 1. The summed E-state index contributed by atoms with van der Waals surface area (Å²) in [7, 11) is 4.98. The van der Waals surface area contributed by atoms with E-state index in [0.29, 0.717) is 6.61 Å². The lowest BCUT2D eigenvalue weighted by atomic mass is 10.1. The van der Waals surface area contributed by atoms with Crippen LogP contribution in [0.15, 0.2) is 54.6 Å². The van der Waals surface area contributed by atoms with Gasteiger partial charge < -0.3 is 24.2 Å². The van der Waals surface area contributed by atoms with E-state index in [1.54, 1.807) is 21.3 Å². The largest absolute Gasteiger partial charge is 0.497 e. The number of aliphatic hydroxyl groups excluding tert-OH is 1. The summed E-state index contributed by atoms with van der Waals surface area (Å²) in [5.41, 5.74) is 5.29. The van der Waals surface area contributed by atoms with E-state index in [4.69, 9.17) is 24.3 Å². The van der Waals surface area contributed by atoms with Crippen molar-refractivity contribution in [1.82, 2.24) is 14.6 Å². The Hall–Kier alpha value is -3.62. The molecular weight excluding hydrogens is 444 g/mol. The number of ether oxygens (including phenoxy) is 3. The van der Waals surface area contributed by atoms with Gasteiger partial charge in [-0.25, -0.2) is 9.50 Å². The Morgan fingerprint density at radius 2 is 1.77 bits per heavy atom. The number of rotatable bonds is 8. The molecule has 1 fully saturated rings. The Balaban J connectivity index is 1.78. The lowest BCUT2D eigenvalue weighted by molar-refractivity contribution is 0.181. The summed E-state index contributed by atoms with van der Waals surface area (Å²) < 4.78 is 18.3. The number of anilines is 1. The van der Waals surface area contributed by atoms with Crippen molar-refractivity contribution in [3.63, 3.8) is 0 Å². The molecule has 8 nitrogen and oxygen atoms in total. The van der Waals surface area contributed by atoms with Gasteiger partial charge in [-0.1, -0.05) is 24.3 Å². The molecule has 1 aliphatic rings. The molecule has 1 N–H and O–H groups in total. The second-order valence-corrected chi connectivity index (χ2v) is 8.62. The Morgan fingerprint density at radius 1 is 0.971 bits per heavy atom. The molecular formula is C27H30N4O4. The number of nitrogens with zero attached hydrogens (tertiary/aromatic N) is 4. The zero-order chi connectivity index (χ0) is 24.4. The van der Waals surface area contributed by atoms with Crippen molar-refractivity contribution in [3.8, 4) is 33.9 Å². The molecule has 1 aliphatic heterocycles. The molecule has 5 rings (SSSR count). The van der Waals surface area contributed by atoms with E-state index in [-0.39, 0.29) is 12.6 Å². The number of hydrogen-bond acceptors (Lipinski definition) is 7.